The molecule has 6 heteroatoms. The number of nitrogens with two attached hydrogens (primary N) is 2. The highest BCUT2D eigenvalue weighted by Gasteiger charge is 2.08. The average molecular weight is 182 g/mol. The van der Waals surface area contributed by atoms with Crippen LogP contribution >= 0.6 is 0 Å². The lowest BCUT2D eigenvalue weighted by atomic mass is 10.4. The minimum atomic E-state index is 0.301. The molecule has 0 radical (unpaired) electrons. The van der Waals surface area contributed by atoms with Gasteiger partial charge in [0.1, 0.15) is 12.0 Å². The topological polar surface area (TPSA) is 93.1 Å². The van der Waals surface area contributed by atoms with Gasteiger partial charge in [-0.3, -0.25) is 5.01 Å². The normalized spacial score (nSPS) is 10.0. The van der Waals surface area contributed by atoms with E-state index in [1.807, 2.05) is 14.0 Å². The maximum atomic E-state index is 5.68. The highest BCUT2D eigenvalue weighted by atomic mass is 15.5. The van der Waals surface area contributed by atoms with Crippen LogP contribution in [0.15, 0.2) is 6.33 Å². The van der Waals surface area contributed by atoms with Gasteiger partial charge < -0.3 is 11.5 Å². The molecule has 0 bridgehead atoms. The van der Waals surface area contributed by atoms with E-state index in [1.54, 1.807) is 5.01 Å². The van der Waals surface area contributed by atoms with Gasteiger partial charge in [0.2, 0.25) is 0 Å². The van der Waals surface area contributed by atoms with Gasteiger partial charge in [0.05, 0.1) is 0 Å². The van der Waals surface area contributed by atoms with Crippen LogP contribution in [0.1, 0.15) is 6.92 Å². The Bertz CT molecular complexity index is 286. The molecule has 5 N–H and O–H groups in total. The lowest BCUT2D eigenvalue weighted by molar-refractivity contribution is 0.700. The van der Waals surface area contributed by atoms with Crippen molar-refractivity contribution in [1.29, 1.82) is 0 Å². The van der Waals surface area contributed by atoms with Gasteiger partial charge in [0.25, 0.3) is 0 Å². The van der Waals surface area contributed by atoms with Gasteiger partial charge in [-0.15, -0.1) is 0 Å². The van der Waals surface area contributed by atoms with Gasteiger partial charge in [-0.05, 0) is 0 Å². The second kappa shape index (κ2) is 3.90. The Morgan fingerprint density at radius 2 is 2.15 bits per heavy atom. The fraction of sp³-hybridized carbons (Fsp3) is 0.429. The smallest absolute Gasteiger partial charge is 0.171 e. The Hall–Kier alpha value is -1.56. The Morgan fingerprint density at radius 1 is 1.46 bits per heavy atom. The summed E-state index contributed by atoms with van der Waals surface area (Å²) in [7, 11) is 1.82. The van der Waals surface area contributed by atoms with Crippen LogP contribution in [0.3, 0.4) is 0 Å². The van der Waals surface area contributed by atoms with Gasteiger partial charge in [0.15, 0.2) is 11.6 Å². The van der Waals surface area contributed by atoms with E-state index in [4.69, 9.17) is 11.5 Å². The Kier molecular flexibility index (Phi) is 2.86. The molecule has 0 saturated heterocycles. The Balaban J connectivity index is 2.93. The summed E-state index contributed by atoms with van der Waals surface area (Å²) in [5, 5.41) is 1.72. The number of nitrogen functional groups attached to an aromatic ring is 2. The highest BCUT2D eigenvalue weighted by molar-refractivity contribution is 5.72. The van der Waals surface area contributed by atoms with E-state index in [1.165, 1.54) is 6.33 Å². The summed E-state index contributed by atoms with van der Waals surface area (Å²) >= 11 is 0. The minimum Gasteiger partial charge on any atom is -0.393 e. The summed E-state index contributed by atoms with van der Waals surface area (Å²) in [5.74, 6) is 0.893. The average Bonchev–Trinajstić information content (AvgIpc) is 2.10. The van der Waals surface area contributed by atoms with Gasteiger partial charge in [0, 0.05) is 13.6 Å². The van der Waals surface area contributed by atoms with Gasteiger partial charge in [-0.25, -0.2) is 15.4 Å². The predicted octanol–water partition coefficient (Wildman–Crippen LogP) is -0.398. The molecule has 0 unspecified atom stereocenters. The van der Waals surface area contributed by atoms with Crippen molar-refractivity contribution in [2.45, 2.75) is 6.92 Å². The molecule has 6 nitrogen and oxygen atoms in total. The van der Waals surface area contributed by atoms with Crippen molar-refractivity contribution >= 4 is 17.3 Å². The van der Waals surface area contributed by atoms with E-state index in [-0.39, 0.29) is 0 Å². The van der Waals surface area contributed by atoms with Gasteiger partial charge in [-0.1, -0.05) is 6.92 Å². The number of hydrogen-bond acceptors (Lipinski definition) is 6. The first-order valence-electron chi connectivity index (χ1n) is 4.00. The first-order valence-corrected chi connectivity index (χ1v) is 4.00. The number of hydrogen-bond donors (Lipinski definition) is 3. The molecular formula is C7H14N6. The van der Waals surface area contributed by atoms with Crippen LogP contribution in [0.5, 0.6) is 0 Å². The number of aromatic nitrogens is 2. The third-order valence-corrected chi connectivity index (χ3v) is 1.61. The molecule has 0 spiro atoms. The Morgan fingerprint density at radius 3 is 2.77 bits per heavy atom. The minimum absolute atomic E-state index is 0.301. The zero-order valence-electron chi connectivity index (χ0n) is 7.78. The molecule has 0 aliphatic heterocycles. The van der Waals surface area contributed by atoms with Crippen molar-refractivity contribution in [3.05, 3.63) is 6.33 Å². The monoisotopic (exact) mass is 182 g/mol. The van der Waals surface area contributed by atoms with Crippen LogP contribution in [0, 0.1) is 0 Å². The highest BCUT2D eigenvalue weighted by Crippen LogP contribution is 2.20. The lowest BCUT2D eigenvalue weighted by Crippen LogP contribution is -2.35. The molecule has 0 amide bonds. The fourth-order valence-electron chi connectivity index (χ4n) is 0.979. The molecule has 1 aromatic heterocycles. The van der Waals surface area contributed by atoms with Crippen molar-refractivity contribution in [1.82, 2.24) is 15.4 Å². The maximum Gasteiger partial charge on any atom is 0.171 e. The van der Waals surface area contributed by atoms with Crippen LogP contribution in [0.2, 0.25) is 0 Å². The fourth-order valence-corrected chi connectivity index (χ4v) is 0.979. The number of nitrogens with zero attached hydrogens (tertiary/aromatic N) is 3. The summed E-state index contributed by atoms with van der Waals surface area (Å²) in [6.45, 7) is 2.77. The van der Waals surface area contributed by atoms with Crippen molar-refractivity contribution in [3.63, 3.8) is 0 Å². The zero-order valence-corrected chi connectivity index (χ0v) is 7.78. The second-order valence-corrected chi connectivity index (χ2v) is 2.57. The Labute approximate surface area is 76.9 Å². The third-order valence-electron chi connectivity index (χ3n) is 1.61. The third kappa shape index (κ3) is 1.97. The van der Waals surface area contributed by atoms with Crippen LogP contribution in [-0.2, 0) is 0 Å². The van der Waals surface area contributed by atoms with E-state index in [0.29, 0.717) is 17.3 Å². The zero-order chi connectivity index (χ0) is 9.84. The summed E-state index contributed by atoms with van der Waals surface area (Å²) in [6, 6.07) is 0. The first-order chi connectivity index (χ1) is 6.16. The van der Waals surface area contributed by atoms with Crippen molar-refractivity contribution < 1.29 is 0 Å². The standard InChI is InChI=1S/C7H14N6/c1-3-12-13(2)7-5(8)6(9)10-4-11-7/h4,12H,3,8H2,1-2H3,(H2,9,10,11). The number of nitrogens with one attached hydrogen (secondary N) is 1. The predicted molar refractivity (Wildman–Crippen MR) is 52.9 cm³/mol. The lowest BCUT2D eigenvalue weighted by Gasteiger charge is -2.19. The van der Waals surface area contributed by atoms with E-state index in [9.17, 15) is 0 Å². The molecule has 0 fully saturated rings. The molecule has 1 rings (SSSR count). The van der Waals surface area contributed by atoms with Crippen molar-refractivity contribution in [2.24, 2.45) is 0 Å². The molecule has 1 aromatic rings. The van der Waals surface area contributed by atoms with Crippen LogP contribution in [-0.4, -0.2) is 23.6 Å². The van der Waals surface area contributed by atoms with E-state index in [0.717, 1.165) is 6.54 Å². The second-order valence-electron chi connectivity index (χ2n) is 2.57. The molecule has 0 aliphatic rings. The van der Waals surface area contributed by atoms with Crippen molar-refractivity contribution in [3.8, 4) is 0 Å². The van der Waals surface area contributed by atoms with Crippen LogP contribution in [0.4, 0.5) is 17.3 Å². The molecule has 13 heavy (non-hydrogen) atoms. The SMILES string of the molecule is CCNN(C)c1ncnc(N)c1N. The first kappa shape index (κ1) is 9.53. The molecule has 0 aliphatic carbocycles. The number of hydrazine groups is 1. The van der Waals surface area contributed by atoms with Gasteiger partial charge >= 0.3 is 0 Å². The van der Waals surface area contributed by atoms with Crippen LogP contribution in [0.25, 0.3) is 0 Å². The quantitative estimate of drug-likeness (QED) is 0.551. The number of anilines is 3. The summed E-state index contributed by atoms with van der Waals surface area (Å²) in [5.41, 5.74) is 14.6. The molecule has 0 atom stereocenters. The largest absolute Gasteiger partial charge is 0.393 e. The summed E-state index contributed by atoms with van der Waals surface area (Å²) in [6.07, 6.45) is 1.38. The molecule has 72 valence electrons. The molecule has 1 heterocycles. The van der Waals surface area contributed by atoms with Crippen molar-refractivity contribution in [2.75, 3.05) is 30.1 Å². The van der Waals surface area contributed by atoms with E-state index < -0.39 is 0 Å². The van der Waals surface area contributed by atoms with Gasteiger partial charge in [-0.2, -0.15) is 0 Å². The molecule has 0 saturated carbocycles. The van der Waals surface area contributed by atoms with Crippen LogP contribution < -0.4 is 21.9 Å². The summed E-state index contributed by atoms with van der Waals surface area (Å²) < 4.78 is 0. The molecular weight excluding hydrogens is 168 g/mol. The van der Waals surface area contributed by atoms with E-state index in [2.05, 4.69) is 15.4 Å². The maximum absolute atomic E-state index is 5.68. The summed E-state index contributed by atoms with van der Waals surface area (Å²) in [4.78, 5) is 7.77. The number of rotatable bonds is 3. The molecule has 0 aromatic carbocycles. The van der Waals surface area contributed by atoms with E-state index >= 15 is 0 Å².